The standard InChI is InChI=1S/C17H26N2O3S/c1-14-5-3-6-15(11-14)23(20,21)10-4-7-19-12-16-17(13-19)22-9-8-18(16)2/h3,5-6,11,16-17H,4,7-10,12-13H2,1-2H3/t16-,17+/m0/s1. The van der Waals surface area contributed by atoms with Gasteiger partial charge in [-0.3, -0.25) is 9.80 Å². The van der Waals surface area contributed by atoms with Crippen LogP contribution in [-0.2, 0) is 14.6 Å². The molecule has 0 saturated carbocycles. The smallest absolute Gasteiger partial charge is 0.178 e. The molecule has 2 saturated heterocycles. The predicted molar refractivity (Wildman–Crippen MR) is 90.4 cm³/mol. The van der Waals surface area contributed by atoms with Gasteiger partial charge in [-0.05, 0) is 44.6 Å². The van der Waals surface area contributed by atoms with E-state index in [1.54, 1.807) is 18.2 Å². The molecule has 0 unspecified atom stereocenters. The van der Waals surface area contributed by atoms with Gasteiger partial charge in [-0.2, -0.15) is 0 Å². The third-order valence-electron chi connectivity index (χ3n) is 4.89. The van der Waals surface area contributed by atoms with Crippen LogP contribution in [0.2, 0.25) is 0 Å². The number of nitrogens with zero attached hydrogens (tertiary/aromatic N) is 2. The largest absolute Gasteiger partial charge is 0.374 e. The number of hydrogen-bond donors (Lipinski definition) is 0. The molecule has 0 amide bonds. The van der Waals surface area contributed by atoms with Crippen LogP contribution in [0.4, 0.5) is 0 Å². The van der Waals surface area contributed by atoms with Crippen molar-refractivity contribution < 1.29 is 13.2 Å². The van der Waals surface area contributed by atoms with Crippen molar-refractivity contribution in [3.8, 4) is 0 Å². The Morgan fingerprint density at radius 2 is 2.13 bits per heavy atom. The van der Waals surface area contributed by atoms with Crippen molar-refractivity contribution >= 4 is 9.84 Å². The average molecular weight is 338 g/mol. The lowest BCUT2D eigenvalue weighted by atomic mass is 10.1. The van der Waals surface area contributed by atoms with Crippen LogP contribution in [0.25, 0.3) is 0 Å². The monoisotopic (exact) mass is 338 g/mol. The summed E-state index contributed by atoms with van der Waals surface area (Å²) < 4.78 is 30.7. The summed E-state index contributed by atoms with van der Waals surface area (Å²) in [6.45, 7) is 6.41. The van der Waals surface area contributed by atoms with Gasteiger partial charge in [0.15, 0.2) is 9.84 Å². The second-order valence-electron chi connectivity index (χ2n) is 6.71. The third-order valence-corrected chi connectivity index (χ3v) is 6.69. The molecule has 1 aromatic rings. The Bertz CT molecular complexity index is 647. The van der Waals surface area contributed by atoms with Crippen LogP contribution < -0.4 is 0 Å². The second-order valence-corrected chi connectivity index (χ2v) is 8.81. The van der Waals surface area contributed by atoms with Gasteiger partial charge >= 0.3 is 0 Å². The number of likely N-dealkylation sites (N-methyl/N-ethyl adjacent to an activating group) is 1. The number of aryl methyl sites for hydroxylation is 1. The van der Waals surface area contributed by atoms with Gasteiger partial charge in [0.1, 0.15) is 0 Å². The molecule has 1 aromatic carbocycles. The summed E-state index contributed by atoms with van der Waals surface area (Å²) >= 11 is 0. The first-order chi connectivity index (χ1) is 11.0. The van der Waals surface area contributed by atoms with Crippen LogP contribution in [0.15, 0.2) is 29.2 Å². The van der Waals surface area contributed by atoms with E-state index in [9.17, 15) is 8.42 Å². The highest BCUT2D eigenvalue weighted by Gasteiger charge is 2.38. The Balaban J connectivity index is 1.52. The van der Waals surface area contributed by atoms with E-state index in [-0.39, 0.29) is 11.9 Å². The summed E-state index contributed by atoms with van der Waals surface area (Å²) in [6.07, 6.45) is 0.946. The molecule has 23 heavy (non-hydrogen) atoms. The van der Waals surface area contributed by atoms with E-state index >= 15 is 0 Å². The maximum atomic E-state index is 12.4. The van der Waals surface area contributed by atoms with E-state index in [2.05, 4.69) is 16.8 Å². The number of hydrogen-bond acceptors (Lipinski definition) is 5. The molecule has 2 aliphatic rings. The topological polar surface area (TPSA) is 49.9 Å². The van der Waals surface area contributed by atoms with Crippen molar-refractivity contribution in [2.24, 2.45) is 0 Å². The highest BCUT2D eigenvalue weighted by Crippen LogP contribution is 2.22. The van der Waals surface area contributed by atoms with E-state index in [1.807, 2.05) is 13.0 Å². The molecule has 0 aliphatic carbocycles. The van der Waals surface area contributed by atoms with E-state index < -0.39 is 9.84 Å². The molecular weight excluding hydrogens is 312 g/mol. The zero-order valence-electron chi connectivity index (χ0n) is 13.9. The van der Waals surface area contributed by atoms with Gasteiger partial charge in [0, 0.05) is 25.7 Å². The van der Waals surface area contributed by atoms with E-state index in [0.29, 0.717) is 17.4 Å². The number of rotatable bonds is 5. The van der Waals surface area contributed by atoms with Crippen LogP contribution in [-0.4, -0.2) is 75.9 Å². The molecule has 6 heteroatoms. The molecule has 0 radical (unpaired) electrons. The highest BCUT2D eigenvalue weighted by molar-refractivity contribution is 7.91. The fourth-order valence-electron chi connectivity index (χ4n) is 3.52. The quantitative estimate of drug-likeness (QED) is 0.807. The molecule has 0 aromatic heterocycles. The van der Waals surface area contributed by atoms with Gasteiger partial charge in [0.2, 0.25) is 0 Å². The summed E-state index contributed by atoms with van der Waals surface area (Å²) in [5.74, 6) is 0.207. The van der Waals surface area contributed by atoms with Crippen LogP contribution in [0.3, 0.4) is 0 Å². The number of sulfone groups is 1. The highest BCUT2D eigenvalue weighted by atomic mass is 32.2. The molecule has 2 heterocycles. The zero-order chi connectivity index (χ0) is 16.4. The fourth-order valence-corrected chi connectivity index (χ4v) is 4.92. The Labute approximate surface area is 139 Å². The molecule has 0 bridgehead atoms. The van der Waals surface area contributed by atoms with Crippen molar-refractivity contribution in [1.82, 2.24) is 9.80 Å². The van der Waals surface area contributed by atoms with E-state index in [0.717, 1.165) is 38.3 Å². The Hall–Kier alpha value is -0.950. The Morgan fingerprint density at radius 3 is 2.87 bits per heavy atom. The number of ether oxygens (including phenoxy) is 1. The number of fused-ring (bicyclic) bond motifs is 1. The number of benzene rings is 1. The van der Waals surface area contributed by atoms with E-state index in [4.69, 9.17) is 4.74 Å². The van der Waals surface area contributed by atoms with Crippen LogP contribution in [0.5, 0.6) is 0 Å². The fraction of sp³-hybridized carbons (Fsp3) is 0.647. The van der Waals surface area contributed by atoms with Gasteiger partial charge in [0.25, 0.3) is 0 Å². The maximum Gasteiger partial charge on any atom is 0.178 e. The Morgan fingerprint density at radius 1 is 1.30 bits per heavy atom. The van der Waals surface area contributed by atoms with Gasteiger partial charge in [-0.25, -0.2) is 8.42 Å². The SMILES string of the molecule is Cc1cccc(S(=O)(=O)CCCN2C[C@H]3OCCN(C)[C@H]3C2)c1. The van der Waals surface area contributed by atoms with Crippen molar-refractivity contribution in [1.29, 1.82) is 0 Å². The summed E-state index contributed by atoms with van der Waals surface area (Å²) in [4.78, 5) is 5.14. The maximum absolute atomic E-state index is 12.4. The van der Waals surface area contributed by atoms with Gasteiger partial charge < -0.3 is 4.74 Å². The Kier molecular flexibility index (Phi) is 5.06. The molecule has 2 aliphatic heterocycles. The van der Waals surface area contributed by atoms with Gasteiger partial charge in [0.05, 0.1) is 23.4 Å². The van der Waals surface area contributed by atoms with Crippen molar-refractivity contribution in [2.45, 2.75) is 30.4 Å². The normalized spacial score (nSPS) is 26.3. The molecule has 0 spiro atoms. The lowest BCUT2D eigenvalue weighted by molar-refractivity contribution is -0.0369. The minimum Gasteiger partial charge on any atom is -0.374 e. The molecule has 0 N–H and O–H groups in total. The summed E-state index contributed by atoms with van der Waals surface area (Å²) in [5, 5.41) is 0. The van der Waals surface area contributed by atoms with Crippen LogP contribution in [0, 0.1) is 6.92 Å². The summed E-state index contributed by atoms with van der Waals surface area (Å²) in [6, 6.07) is 7.62. The third kappa shape index (κ3) is 3.94. The zero-order valence-corrected chi connectivity index (χ0v) is 14.8. The predicted octanol–water partition coefficient (Wildman–Crippen LogP) is 1.17. The lowest BCUT2D eigenvalue weighted by Crippen LogP contribution is -2.48. The van der Waals surface area contributed by atoms with Gasteiger partial charge in [-0.15, -0.1) is 0 Å². The summed E-state index contributed by atoms with van der Waals surface area (Å²) in [7, 11) is -1.03. The molecule has 2 atom stereocenters. The first kappa shape index (κ1) is 16.9. The number of morpholine rings is 1. The molecule has 128 valence electrons. The van der Waals surface area contributed by atoms with Crippen molar-refractivity contribution in [2.75, 3.05) is 45.6 Å². The number of likely N-dealkylation sites (tertiary alicyclic amines) is 1. The second kappa shape index (κ2) is 6.89. The van der Waals surface area contributed by atoms with E-state index in [1.165, 1.54) is 0 Å². The van der Waals surface area contributed by atoms with Crippen LogP contribution in [0.1, 0.15) is 12.0 Å². The molecule has 5 nitrogen and oxygen atoms in total. The first-order valence-electron chi connectivity index (χ1n) is 8.29. The molecular formula is C17H26N2O3S. The van der Waals surface area contributed by atoms with Gasteiger partial charge in [-0.1, -0.05) is 12.1 Å². The van der Waals surface area contributed by atoms with Crippen molar-refractivity contribution in [3.05, 3.63) is 29.8 Å². The minimum atomic E-state index is -3.18. The summed E-state index contributed by atoms with van der Waals surface area (Å²) in [5.41, 5.74) is 0.981. The lowest BCUT2D eigenvalue weighted by Gasteiger charge is -2.33. The molecule has 2 fully saturated rings. The molecule has 3 rings (SSSR count). The first-order valence-corrected chi connectivity index (χ1v) is 9.94. The minimum absolute atomic E-state index is 0.207. The van der Waals surface area contributed by atoms with Crippen LogP contribution >= 0.6 is 0 Å². The van der Waals surface area contributed by atoms with Crippen molar-refractivity contribution in [3.63, 3.8) is 0 Å². The average Bonchev–Trinajstić information content (AvgIpc) is 2.91.